The van der Waals surface area contributed by atoms with Gasteiger partial charge >= 0.3 is 0 Å². The molecule has 0 N–H and O–H groups in total. The Bertz CT molecular complexity index is 3580. The molecule has 11 aromatic rings. The van der Waals surface area contributed by atoms with Crippen LogP contribution in [0.15, 0.2) is 247 Å². The lowest BCUT2D eigenvalue weighted by atomic mass is 9.68. The van der Waals surface area contributed by atoms with Crippen molar-refractivity contribution < 1.29 is 4.42 Å². The summed E-state index contributed by atoms with van der Waals surface area (Å²) in [7, 11) is 0. The SMILES string of the molecule is CC1(c2ccccc2)c2ccccc2-c2ccc(N(c3cccc(-c4ccc5c(c4)oc4ccccc45)c3)c3ccc4c(c3)-c3ccccc3C4(c3ccccc3)c3ccccc3)cc21. The molecule has 306 valence electrons. The third-order valence-corrected chi connectivity index (χ3v) is 14.4. The van der Waals surface area contributed by atoms with E-state index in [0.29, 0.717) is 0 Å². The van der Waals surface area contributed by atoms with Crippen LogP contribution in [-0.2, 0) is 10.8 Å². The van der Waals surface area contributed by atoms with Gasteiger partial charge in [0.25, 0.3) is 0 Å². The van der Waals surface area contributed by atoms with E-state index < -0.39 is 5.41 Å². The number of hydrogen-bond acceptors (Lipinski definition) is 2. The number of rotatable bonds is 7. The summed E-state index contributed by atoms with van der Waals surface area (Å²) in [5.41, 5.74) is 20.6. The first kappa shape index (κ1) is 37.4. The van der Waals surface area contributed by atoms with Crippen molar-refractivity contribution in [2.45, 2.75) is 17.8 Å². The monoisotopic (exact) mass is 829 g/mol. The van der Waals surface area contributed by atoms with Gasteiger partial charge in [-0.3, -0.25) is 0 Å². The van der Waals surface area contributed by atoms with Gasteiger partial charge < -0.3 is 9.32 Å². The van der Waals surface area contributed by atoms with E-state index in [2.05, 4.69) is 242 Å². The summed E-state index contributed by atoms with van der Waals surface area (Å²) < 4.78 is 6.40. The van der Waals surface area contributed by atoms with Crippen molar-refractivity contribution in [2.75, 3.05) is 4.90 Å². The third kappa shape index (κ3) is 5.47. The zero-order valence-electron chi connectivity index (χ0n) is 35.9. The lowest BCUT2D eigenvalue weighted by Gasteiger charge is -2.34. The van der Waals surface area contributed by atoms with Crippen molar-refractivity contribution in [2.24, 2.45) is 0 Å². The fraction of sp³-hybridized carbons (Fsp3) is 0.0476. The molecular formula is C63H43NO. The van der Waals surface area contributed by atoms with Crippen molar-refractivity contribution in [1.82, 2.24) is 0 Å². The summed E-state index contributed by atoms with van der Waals surface area (Å²) in [6, 6.07) is 89.2. The Balaban J connectivity index is 1.04. The van der Waals surface area contributed by atoms with Crippen LogP contribution in [0, 0.1) is 0 Å². The predicted octanol–water partition coefficient (Wildman–Crippen LogP) is 16.4. The van der Waals surface area contributed by atoms with E-state index in [1.54, 1.807) is 0 Å². The van der Waals surface area contributed by atoms with E-state index in [0.717, 1.165) is 50.1 Å². The zero-order chi connectivity index (χ0) is 43.1. The highest BCUT2D eigenvalue weighted by Gasteiger charge is 2.46. The molecule has 2 nitrogen and oxygen atoms in total. The van der Waals surface area contributed by atoms with Gasteiger partial charge in [-0.2, -0.15) is 0 Å². The average Bonchev–Trinajstić information content (AvgIpc) is 3.99. The minimum atomic E-state index is -0.482. The fourth-order valence-electron chi connectivity index (χ4n) is 11.5. The summed E-state index contributed by atoms with van der Waals surface area (Å²) >= 11 is 0. The van der Waals surface area contributed by atoms with Crippen LogP contribution in [0.4, 0.5) is 17.1 Å². The molecule has 0 saturated carbocycles. The van der Waals surface area contributed by atoms with Gasteiger partial charge in [-0.25, -0.2) is 0 Å². The van der Waals surface area contributed by atoms with E-state index in [4.69, 9.17) is 4.42 Å². The highest BCUT2D eigenvalue weighted by Crippen LogP contribution is 2.58. The van der Waals surface area contributed by atoms with Crippen LogP contribution in [0.25, 0.3) is 55.3 Å². The molecular weight excluding hydrogens is 787 g/mol. The quantitative estimate of drug-likeness (QED) is 0.159. The molecule has 1 heterocycles. The van der Waals surface area contributed by atoms with Crippen molar-refractivity contribution in [1.29, 1.82) is 0 Å². The highest BCUT2D eigenvalue weighted by molar-refractivity contribution is 6.06. The average molecular weight is 830 g/mol. The smallest absolute Gasteiger partial charge is 0.136 e. The number of hydrogen-bond donors (Lipinski definition) is 0. The normalized spacial score (nSPS) is 15.3. The van der Waals surface area contributed by atoms with Crippen LogP contribution in [-0.4, -0.2) is 0 Å². The van der Waals surface area contributed by atoms with Gasteiger partial charge in [0.15, 0.2) is 0 Å². The number of benzene rings is 10. The molecule has 0 fully saturated rings. The molecule has 0 spiro atoms. The maximum Gasteiger partial charge on any atom is 0.136 e. The zero-order valence-corrected chi connectivity index (χ0v) is 35.9. The molecule has 65 heavy (non-hydrogen) atoms. The largest absolute Gasteiger partial charge is 0.456 e. The van der Waals surface area contributed by atoms with E-state index in [1.165, 1.54) is 61.2 Å². The van der Waals surface area contributed by atoms with Crippen LogP contribution < -0.4 is 4.90 Å². The molecule has 10 aromatic carbocycles. The molecule has 1 aromatic heterocycles. The Kier molecular flexibility index (Phi) is 8.29. The molecule has 2 aliphatic rings. The maximum absolute atomic E-state index is 6.40. The number of furan rings is 1. The lowest BCUT2D eigenvalue weighted by molar-refractivity contribution is 0.669. The van der Waals surface area contributed by atoms with Gasteiger partial charge in [-0.15, -0.1) is 0 Å². The summed E-state index contributed by atoms with van der Waals surface area (Å²) in [5, 5.41) is 2.26. The van der Waals surface area contributed by atoms with Crippen molar-refractivity contribution in [3.05, 3.63) is 282 Å². The van der Waals surface area contributed by atoms with E-state index in [-0.39, 0.29) is 5.41 Å². The Morgan fingerprint density at radius 2 is 0.862 bits per heavy atom. The summed E-state index contributed by atoms with van der Waals surface area (Å²) in [6.45, 7) is 2.40. The van der Waals surface area contributed by atoms with Gasteiger partial charge in [-0.05, 0) is 134 Å². The number of nitrogens with zero attached hydrogens (tertiary/aromatic N) is 1. The Morgan fingerprint density at radius 1 is 0.323 bits per heavy atom. The maximum atomic E-state index is 6.40. The summed E-state index contributed by atoms with van der Waals surface area (Å²) in [6.07, 6.45) is 0. The summed E-state index contributed by atoms with van der Waals surface area (Å²) in [4.78, 5) is 2.46. The van der Waals surface area contributed by atoms with Crippen molar-refractivity contribution >= 4 is 39.0 Å². The molecule has 0 amide bonds. The molecule has 1 atom stereocenters. The lowest BCUT2D eigenvalue weighted by Crippen LogP contribution is -2.28. The predicted molar refractivity (Wildman–Crippen MR) is 269 cm³/mol. The Hall–Kier alpha value is -8.20. The van der Waals surface area contributed by atoms with Crippen molar-refractivity contribution in [3.63, 3.8) is 0 Å². The third-order valence-electron chi connectivity index (χ3n) is 14.4. The van der Waals surface area contributed by atoms with E-state index in [1.807, 2.05) is 12.1 Å². The second kappa shape index (κ2) is 14.4. The molecule has 0 radical (unpaired) electrons. The Morgan fingerprint density at radius 3 is 1.62 bits per heavy atom. The molecule has 2 heteroatoms. The van der Waals surface area contributed by atoms with Gasteiger partial charge in [0.05, 0.1) is 5.41 Å². The number of anilines is 3. The molecule has 0 bridgehead atoms. The first-order chi connectivity index (χ1) is 32.1. The van der Waals surface area contributed by atoms with Gasteiger partial charge in [0.1, 0.15) is 11.2 Å². The molecule has 0 saturated heterocycles. The van der Waals surface area contributed by atoms with Crippen LogP contribution in [0.1, 0.15) is 45.9 Å². The second-order valence-electron chi connectivity index (χ2n) is 17.7. The fourth-order valence-corrected chi connectivity index (χ4v) is 11.5. The highest BCUT2D eigenvalue weighted by atomic mass is 16.3. The Labute approximate surface area is 379 Å². The van der Waals surface area contributed by atoms with Crippen LogP contribution in [0.3, 0.4) is 0 Å². The van der Waals surface area contributed by atoms with Crippen LogP contribution in [0.5, 0.6) is 0 Å². The standard InChI is InChI=1S/C63H43NO/c1-62(44-19-5-2-6-20-44)56-29-14-11-26-50(56)52-36-33-49(41-59(52)62)64(47-25-17-18-42(38-47)43-32-35-54-53-28-13-16-31-60(53)65-61(54)39-43)48-34-37-58-55(40-48)51-27-12-15-30-57(51)63(58,45-21-7-3-8-22-45)46-23-9-4-10-24-46/h2-41H,1H3. The van der Waals surface area contributed by atoms with Gasteiger partial charge in [0, 0.05) is 33.2 Å². The van der Waals surface area contributed by atoms with Gasteiger partial charge in [-0.1, -0.05) is 188 Å². The molecule has 13 rings (SSSR count). The first-order valence-electron chi connectivity index (χ1n) is 22.6. The second-order valence-corrected chi connectivity index (χ2v) is 17.7. The molecule has 1 unspecified atom stereocenters. The number of fused-ring (bicyclic) bond motifs is 9. The minimum absolute atomic E-state index is 0.347. The molecule has 2 aliphatic carbocycles. The molecule has 0 aliphatic heterocycles. The minimum Gasteiger partial charge on any atom is -0.456 e. The summed E-state index contributed by atoms with van der Waals surface area (Å²) in [5.74, 6) is 0. The topological polar surface area (TPSA) is 16.4 Å². The van der Waals surface area contributed by atoms with Crippen LogP contribution >= 0.6 is 0 Å². The van der Waals surface area contributed by atoms with Gasteiger partial charge in [0.2, 0.25) is 0 Å². The van der Waals surface area contributed by atoms with Crippen molar-refractivity contribution in [3.8, 4) is 33.4 Å². The number of para-hydroxylation sites is 1. The van der Waals surface area contributed by atoms with Crippen LogP contribution in [0.2, 0.25) is 0 Å². The van der Waals surface area contributed by atoms with E-state index >= 15 is 0 Å². The first-order valence-corrected chi connectivity index (χ1v) is 22.6. The van der Waals surface area contributed by atoms with E-state index in [9.17, 15) is 0 Å².